The molecule has 1 aliphatic carbocycles. The number of hydrogen-bond acceptors (Lipinski definition) is 3. The maximum atomic E-state index is 5.99. The lowest BCUT2D eigenvalue weighted by Gasteiger charge is -2.25. The fourth-order valence-electron chi connectivity index (χ4n) is 2.57. The summed E-state index contributed by atoms with van der Waals surface area (Å²) in [5.41, 5.74) is 3.51. The Kier molecular flexibility index (Phi) is 5.41. The Morgan fingerprint density at radius 2 is 2.10 bits per heavy atom. The van der Waals surface area contributed by atoms with E-state index in [0.717, 1.165) is 30.6 Å². The van der Waals surface area contributed by atoms with Crippen molar-refractivity contribution >= 4 is 0 Å². The minimum atomic E-state index is 0.471. The topological polar surface area (TPSA) is 34.1 Å². The largest absolute Gasteiger partial charge is 0.477 e. The second kappa shape index (κ2) is 7.07. The van der Waals surface area contributed by atoms with Gasteiger partial charge in [-0.2, -0.15) is 0 Å². The SMILES string of the molecule is Cc1cc(C)c(CNC(C)C)c(OCCC2CCC2)n1. The Morgan fingerprint density at radius 3 is 2.70 bits per heavy atom. The third-order valence-electron chi connectivity index (χ3n) is 4.11. The van der Waals surface area contributed by atoms with Gasteiger partial charge in [0.25, 0.3) is 0 Å². The summed E-state index contributed by atoms with van der Waals surface area (Å²) in [4.78, 5) is 4.59. The van der Waals surface area contributed by atoms with E-state index in [1.165, 1.54) is 36.8 Å². The molecule has 0 spiro atoms. The van der Waals surface area contributed by atoms with Gasteiger partial charge in [0.1, 0.15) is 0 Å². The highest BCUT2D eigenvalue weighted by Crippen LogP contribution is 2.29. The number of hydrogen-bond donors (Lipinski definition) is 1. The van der Waals surface area contributed by atoms with Gasteiger partial charge in [0.05, 0.1) is 6.61 Å². The Bertz CT molecular complexity index is 439. The fourth-order valence-corrected chi connectivity index (χ4v) is 2.57. The summed E-state index contributed by atoms with van der Waals surface area (Å²) >= 11 is 0. The second-order valence-corrected chi connectivity index (χ2v) is 6.33. The molecule has 0 saturated heterocycles. The molecule has 1 fully saturated rings. The zero-order valence-corrected chi connectivity index (χ0v) is 13.3. The first-order valence-electron chi connectivity index (χ1n) is 7.89. The lowest BCUT2D eigenvalue weighted by molar-refractivity contribution is 0.215. The molecule has 0 aromatic carbocycles. The zero-order valence-electron chi connectivity index (χ0n) is 13.3. The predicted molar refractivity (Wildman–Crippen MR) is 83.1 cm³/mol. The van der Waals surface area contributed by atoms with Crippen LogP contribution in [0.25, 0.3) is 0 Å². The van der Waals surface area contributed by atoms with E-state index in [1.807, 2.05) is 6.92 Å². The highest BCUT2D eigenvalue weighted by Gasteiger charge is 2.18. The molecule has 0 atom stereocenters. The van der Waals surface area contributed by atoms with Crippen LogP contribution in [-0.4, -0.2) is 17.6 Å². The molecule has 3 nitrogen and oxygen atoms in total. The number of pyridine rings is 1. The van der Waals surface area contributed by atoms with Gasteiger partial charge in [0, 0.05) is 23.8 Å². The van der Waals surface area contributed by atoms with E-state index in [0.29, 0.717) is 6.04 Å². The molecule has 1 N–H and O–H groups in total. The predicted octanol–water partition coefficient (Wildman–Crippen LogP) is 3.77. The summed E-state index contributed by atoms with van der Waals surface area (Å²) in [6.07, 6.45) is 5.33. The number of rotatable bonds is 7. The highest BCUT2D eigenvalue weighted by molar-refractivity contribution is 5.35. The molecular formula is C17H28N2O. The fraction of sp³-hybridized carbons (Fsp3) is 0.706. The number of aryl methyl sites for hydroxylation is 2. The minimum Gasteiger partial charge on any atom is -0.477 e. The van der Waals surface area contributed by atoms with Gasteiger partial charge >= 0.3 is 0 Å². The van der Waals surface area contributed by atoms with Crippen molar-refractivity contribution in [1.29, 1.82) is 0 Å². The minimum absolute atomic E-state index is 0.471. The summed E-state index contributed by atoms with van der Waals surface area (Å²) in [6.45, 7) is 10.1. The van der Waals surface area contributed by atoms with Gasteiger partial charge in [0.2, 0.25) is 5.88 Å². The van der Waals surface area contributed by atoms with Crippen molar-refractivity contribution in [2.45, 2.75) is 66.0 Å². The van der Waals surface area contributed by atoms with E-state index in [4.69, 9.17) is 4.74 Å². The number of nitrogens with zero attached hydrogens (tertiary/aromatic N) is 1. The van der Waals surface area contributed by atoms with E-state index < -0.39 is 0 Å². The van der Waals surface area contributed by atoms with Crippen molar-refractivity contribution in [2.24, 2.45) is 5.92 Å². The number of aromatic nitrogens is 1. The lowest BCUT2D eigenvalue weighted by atomic mass is 9.83. The zero-order chi connectivity index (χ0) is 14.5. The Balaban J connectivity index is 1.99. The monoisotopic (exact) mass is 276 g/mol. The van der Waals surface area contributed by atoms with Gasteiger partial charge in [-0.25, -0.2) is 4.98 Å². The first kappa shape index (κ1) is 15.3. The van der Waals surface area contributed by atoms with Crippen molar-refractivity contribution in [3.63, 3.8) is 0 Å². The molecular weight excluding hydrogens is 248 g/mol. The summed E-state index contributed by atoms with van der Waals surface area (Å²) in [7, 11) is 0. The van der Waals surface area contributed by atoms with E-state index in [2.05, 4.69) is 37.1 Å². The number of nitrogens with one attached hydrogen (secondary N) is 1. The van der Waals surface area contributed by atoms with E-state index in [9.17, 15) is 0 Å². The average molecular weight is 276 g/mol. The van der Waals surface area contributed by atoms with Crippen molar-refractivity contribution < 1.29 is 4.74 Å². The second-order valence-electron chi connectivity index (χ2n) is 6.33. The van der Waals surface area contributed by atoms with Crippen LogP contribution in [-0.2, 0) is 6.54 Å². The third kappa shape index (κ3) is 4.20. The molecule has 112 valence electrons. The molecule has 0 bridgehead atoms. The summed E-state index contributed by atoms with van der Waals surface area (Å²) < 4.78 is 5.99. The van der Waals surface area contributed by atoms with Crippen LogP contribution in [0.1, 0.15) is 56.4 Å². The molecule has 0 radical (unpaired) electrons. The van der Waals surface area contributed by atoms with E-state index >= 15 is 0 Å². The van der Waals surface area contributed by atoms with Gasteiger partial charge in [0.15, 0.2) is 0 Å². The van der Waals surface area contributed by atoms with E-state index in [1.54, 1.807) is 0 Å². The lowest BCUT2D eigenvalue weighted by Crippen LogP contribution is -2.23. The van der Waals surface area contributed by atoms with Crippen LogP contribution in [0.2, 0.25) is 0 Å². The molecule has 2 rings (SSSR count). The molecule has 20 heavy (non-hydrogen) atoms. The molecule has 1 aromatic heterocycles. The molecule has 1 heterocycles. The Morgan fingerprint density at radius 1 is 1.35 bits per heavy atom. The smallest absolute Gasteiger partial charge is 0.218 e. The first-order chi connectivity index (χ1) is 9.56. The normalized spacial score (nSPS) is 15.4. The van der Waals surface area contributed by atoms with Gasteiger partial charge in [-0.05, 0) is 37.8 Å². The maximum Gasteiger partial charge on any atom is 0.218 e. The Hall–Kier alpha value is -1.09. The van der Waals surface area contributed by atoms with Crippen molar-refractivity contribution in [2.75, 3.05) is 6.61 Å². The van der Waals surface area contributed by atoms with Gasteiger partial charge in [-0.1, -0.05) is 33.1 Å². The van der Waals surface area contributed by atoms with Gasteiger partial charge in [-0.3, -0.25) is 0 Å². The van der Waals surface area contributed by atoms with Crippen LogP contribution >= 0.6 is 0 Å². The van der Waals surface area contributed by atoms with Crippen molar-refractivity contribution in [1.82, 2.24) is 10.3 Å². The van der Waals surface area contributed by atoms with Gasteiger partial charge in [-0.15, -0.1) is 0 Å². The van der Waals surface area contributed by atoms with Gasteiger partial charge < -0.3 is 10.1 Å². The molecule has 0 aliphatic heterocycles. The van der Waals surface area contributed by atoms with Crippen LogP contribution < -0.4 is 10.1 Å². The molecule has 0 unspecified atom stereocenters. The summed E-state index contributed by atoms with van der Waals surface area (Å²) in [6, 6.07) is 2.61. The van der Waals surface area contributed by atoms with Crippen LogP contribution in [0.3, 0.4) is 0 Å². The standard InChI is InChI=1S/C17H28N2O/c1-12(2)18-11-16-13(3)10-14(4)19-17(16)20-9-8-15-6-5-7-15/h10,12,15,18H,5-9,11H2,1-4H3. The third-order valence-corrected chi connectivity index (χ3v) is 4.11. The quantitative estimate of drug-likeness (QED) is 0.823. The molecule has 1 aromatic rings. The molecule has 3 heteroatoms. The van der Waals surface area contributed by atoms with Crippen molar-refractivity contribution in [3.05, 3.63) is 22.9 Å². The van der Waals surface area contributed by atoms with Crippen LogP contribution in [0.5, 0.6) is 5.88 Å². The Labute approximate surface area is 123 Å². The van der Waals surface area contributed by atoms with E-state index in [-0.39, 0.29) is 0 Å². The first-order valence-corrected chi connectivity index (χ1v) is 7.89. The summed E-state index contributed by atoms with van der Waals surface area (Å²) in [5, 5.41) is 3.46. The average Bonchev–Trinajstić information content (AvgIpc) is 2.30. The van der Waals surface area contributed by atoms with Crippen molar-refractivity contribution in [3.8, 4) is 5.88 Å². The molecule has 1 saturated carbocycles. The van der Waals surface area contributed by atoms with Crippen LogP contribution in [0, 0.1) is 19.8 Å². The highest BCUT2D eigenvalue weighted by atomic mass is 16.5. The summed E-state index contributed by atoms with van der Waals surface area (Å²) in [5.74, 6) is 1.72. The maximum absolute atomic E-state index is 5.99. The van der Waals surface area contributed by atoms with Crippen LogP contribution in [0.4, 0.5) is 0 Å². The molecule has 1 aliphatic rings. The van der Waals surface area contributed by atoms with Crippen LogP contribution in [0.15, 0.2) is 6.07 Å². The molecule has 0 amide bonds. The number of ether oxygens (including phenoxy) is 1.